The first-order valence-corrected chi connectivity index (χ1v) is 5.59. The summed E-state index contributed by atoms with van der Waals surface area (Å²) in [5.41, 5.74) is 11.1. The lowest BCUT2D eigenvalue weighted by Crippen LogP contribution is -2.42. The molecule has 0 saturated heterocycles. The van der Waals surface area contributed by atoms with Gasteiger partial charge in [-0.25, -0.2) is 0 Å². The number of hydrazine groups is 1. The van der Waals surface area contributed by atoms with Crippen molar-refractivity contribution in [3.8, 4) is 0 Å². The summed E-state index contributed by atoms with van der Waals surface area (Å²) in [7, 11) is 0. The Balaban J connectivity index is 1.84. The largest absolute Gasteiger partial charge is 0.383 e. The average molecular weight is 259 g/mol. The van der Waals surface area contributed by atoms with E-state index in [-0.39, 0.29) is 23.7 Å². The number of nitrogens with two attached hydrogens (primary N) is 1. The van der Waals surface area contributed by atoms with Crippen molar-refractivity contribution < 1.29 is 9.59 Å². The number of nitrogen functional groups attached to an aromatic ring is 1. The van der Waals surface area contributed by atoms with Crippen LogP contribution in [0.4, 0.5) is 5.82 Å². The number of hydrogen-bond donors (Lipinski definition) is 4. The maximum Gasteiger partial charge on any atom is 0.275 e. The van der Waals surface area contributed by atoms with E-state index in [1.807, 2.05) is 30.3 Å². The zero-order valence-electron chi connectivity index (χ0n) is 10.0. The number of anilines is 1. The summed E-state index contributed by atoms with van der Waals surface area (Å²) in [5.74, 6) is -0.691. The Labute approximate surface area is 109 Å². The number of rotatable bonds is 3. The fraction of sp³-hybridized carbons (Fsp3) is 0.0833. The minimum atomic E-state index is -0.521. The van der Waals surface area contributed by atoms with Crippen LogP contribution in [0.15, 0.2) is 36.5 Å². The molecule has 2 aromatic rings. The van der Waals surface area contributed by atoms with Crippen LogP contribution in [0, 0.1) is 0 Å². The predicted octanol–water partition coefficient (Wildman–Crippen LogP) is -0.00440. The van der Waals surface area contributed by atoms with Crippen LogP contribution in [0.25, 0.3) is 0 Å². The molecule has 0 fully saturated rings. The third-order valence-electron chi connectivity index (χ3n) is 2.44. The van der Waals surface area contributed by atoms with Crippen LogP contribution >= 0.6 is 0 Å². The van der Waals surface area contributed by atoms with Crippen LogP contribution in [-0.4, -0.2) is 22.0 Å². The molecule has 98 valence electrons. The lowest BCUT2D eigenvalue weighted by Gasteiger charge is -2.06. The number of carbonyl (C=O) groups is 2. The second kappa shape index (κ2) is 5.67. The van der Waals surface area contributed by atoms with Gasteiger partial charge in [-0.3, -0.25) is 25.5 Å². The number of nitrogens with zero attached hydrogens (tertiary/aromatic N) is 1. The van der Waals surface area contributed by atoms with E-state index in [2.05, 4.69) is 21.0 Å². The molecule has 0 aliphatic rings. The van der Waals surface area contributed by atoms with Gasteiger partial charge < -0.3 is 5.73 Å². The number of carbonyl (C=O) groups excluding carboxylic acids is 2. The molecule has 1 heterocycles. The highest BCUT2D eigenvalue weighted by molar-refractivity contribution is 5.98. The molecule has 0 atom stereocenters. The van der Waals surface area contributed by atoms with Crippen molar-refractivity contribution in [1.82, 2.24) is 21.0 Å². The quantitative estimate of drug-likeness (QED) is 0.581. The van der Waals surface area contributed by atoms with E-state index < -0.39 is 5.91 Å². The van der Waals surface area contributed by atoms with Crippen LogP contribution in [0.5, 0.6) is 0 Å². The van der Waals surface area contributed by atoms with Gasteiger partial charge in [0, 0.05) is 0 Å². The van der Waals surface area contributed by atoms with E-state index >= 15 is 0 Å². The number of hydrogen-bond acceptors (Lipinski definition) is 4. The summed E-state index contributed by atoms with van der Waals surface area (Å²) >= 11 is 0. The van der Waals surface area contributed by atoms with Crippen molar-refractivity contribution in [3.05, 3.63) is 47.7 Å². The summed E-state index contributed by atoms with van der Waals surface area (Å²) in [6.45, 7) is 0. The predicted molar refractivity (Wildman–Crippen MR) is 68.8 cm³/mol. The van der Waals surface area contributed by atoms with Gasteiger partial charge in [0.1, 0.15) is 11.4 Å². The molecule has 7 heteroatoms. The molecule has 0 spiro atoms. The molecule has 0 unspecified atom stereocenters. The maximum atomic E-state index is 11.6. The highest BCUT2D eigenvalue weighted by atomic mass is 16.2. The summed E-state index contributed by atoms with van der Waals surface area (Å²) in [6.07, 6.45) is 1.47. The molecule has 2 amide bonds. The molecule has 1 aromatic heterocycles. The number of amides is 2. The molecule has 1 aromatic carbocycles. The molecule has 19 heavy (non-hydrogen) atoms. The maximum absolute atomic E-state index is 11.6. The van der Waals surface area contributed by atoms with Crippen LogP contribution in [0.2, 0.25) is 0 Å². The number of benzene rings is 1. The van der Waals surface area contributed by atoms with E-state index in [4.69, 9.17) is 5.73 Å². The van der Waals surface area contributed by atoms with E-state index in [0.29, 0.717) is 0 Å². The lowest BCUT2D eigenvalue weighted by atomic mass is 10.1. The highest BCUT2D eigenvalue weighted by Gasteiger charge is 2.12. The standard InChI is InChI=1S/C12H13N5O2/c13-11-9(7-14-16-11)12(19)17-15-10(18)6-8-4-2-1-3-5-8/h1-5,7H,6H2,(H,15,18)(H,17,19)(H3,13,14,16). The smallest absolute Gasteiger partial charge is 0.275 e. The van der Waals surface area contributed by atoms with Gasteiger partial charge >= 0.3 is 0 Å². The van der Waals surface area contributed by atoms with Crippen molar-refractivity contribution in [2.75, 3.05) is 5.73 Å². The zero-order valence-corrected chi connectivity index (χ0v) is 10.0. The second-order valence-corrected chi connectivity index (χ2v) is 3.86. The van der Waals surface area contributed by atoms with Crippen LogP contribution in [-0.2, 0) is 11.2 Å². The van der Waals surface area contributed by atoms with Gasteiger partial charge in [-0.1, -0.05) is 30.3 Å². The van der Waals surface area contributed by atoms with E-state index in [0.717, 1.165) is 5.56 Å². The fourth-order valence-electron chi connectivity index (χ4n) is 1.50. The summed E-state index contributed by atoms with van der Waals surface area (Å²) in [6, 6.07) is 9.20. The SMILES string of the molecule is Nc1[nH]ncc1C(=O)NNC(=O)Cc1ccccc1. The second-order valence-electron chi connectivity index (χ2n) is 3.86. The molecular formula is C12H13N5O2. The Kier molecular flexibility index (Phi) is 3.77. The van der Waals surface area contributed by atoms with Crippen molar-refractivity contribution in [2.45, 2.75) is 6.42 Å². The van der Waals surface area contributed by atoms with Crippen molar-refractivity contribution in [3.63, 3.8) is 0 Å². The number of aromatic nitrogens is 2. The minimum Gasteiger partial charge on any atom is -0.383 e. The van der Waals surface area contributed by atoms with Gasteiger partial charge in [-0.05, 0) is 5.56 Å². The molecule has 0 saturated carbocycles. The van der Waals surface area contributed by atoms with Crippen molar-refractivity contribution in [1.29, 1.82) is 0 Å². The molecule has 0 radical (unpaired) electrons. The molecular weight excluding hydrogens is 246 g/mol. The number of nitrogens with one attached hydrogen (secondary N) is 3. The van der Waals surface area contributed by atoms with E-state index in [1.54, 1.807) is 0 Å². The van der Waals surface area contributed by atoms with Crippen molar-refractivity contribution in [2.24, 2.45) is 0 Å². The lowest BCUT2D eigenvalue weighted by molar-refractivity contribution is -0.121. The Morgan fingerprint density at radius 2 is 1.95 bits per heavy atom. The molecule has 5 N–H and O–H groups in total. The Bertz CT molecular complexity index is 579. The molecule has 0 aliphatic carbocycles. The normalized spacial score (nSPS) is 9.89. The molecule has 0 aliphatic heterocycles. The molecule has 0 bridgehead atoms. The van der Waals surface area contributed by atoms with E-state index in [1.165, 1.54) is 6.20 Å². The third-order valence-corrected chi connectivity index (χ3v) is 2.44. The van der Waals surface area contributed by atoms with Crippen LogP contribution < -0.4 is 16.6 Å². The van der Waals surface area contributed by atoms with Gasteiger partial charge in [-0.2, -0.15) is 5.10 Å². The van der Waals surface area contributed by atoms with Gasteiger partial charge in [0.05, 0.1) is 12.6 Å². The van der Waals surface area contributed by atoms with Gasteiger partial charge in [0.2, 0.25) is 5.91 Å². The summed E-state index contributed by atoms with van der Waals surface area (Å²) < 4.78 is 0. The van der Waals surface area contributed by atoms with Crippen molar-refractivity contribution >= 4 is 17.6 Å². The Morgan fingerprint density at radius 3 is 2.58 bits per heavy atom. The Morgan fingerprint density at radius 1 is 1.21 bits per heavy atom. The Hall–Kier alpha value is -2.83. The van der Waals surface area contributed by atoms with Gasteiger partial charge in [0.25, 0.3) is 5.91 Å². The summed E-state index contributed by atoms with van der Waals surface area (Å²) in [5, 5.41) is 6.05. The first kappa shape index (κ1) is 12.6. The first-order valence-electron chi connectivity index (χ1n) is 5.59. The number of aromatic amines is 1. The van der Waals surface area contributed by atoms with Crippen LogP contribution in [0.3, 0.4) is 0 Å². The first-order chi connectivity index (χ1) is 9.16. The third kappa shape index (κ3) is 3.32. The molecule has 2 rings (SSSR count). The average Bonchev–Trinajstić information content (AvgIpc) is 2.83. The van der Waals surface area contributed by atoms with E-state index in [9.17, 15) is 9.59 Å². The number of H-pyrrole nitrogens is 1. The van der Waals surface area contributed by atoms with Crippen LogP contribution in [0.1, 0.15) is 15.9 Å². The highest BCUT2D eigenvalue weighted by Crippen LogP contribution is 2.04. The molecule has 7 nitrogen and oxygen atoms in total. The summed E-state index contributed by atoms with van der Waals surface area (Å²) in [4.78, 5) is 23.2. The van der Waals surface area contributed by atoms with Gasteiger partial charge in [0.15, 0.2) is 0 Å². The fourth-order valence-corrected chi connectivity index (χ4v) is 1.50. The minimum absolute atomic E-state index is 0.148. The zero-order chi connectivity index (χ0) is 13.7. The monoisotopic (exact) mass is 259 g/mol. The van der Waals surface area contributed by atoms with Gasteiger partial charge in [-0.15, -0.1) is 0 Å². The topological polar surface area (TPSA) is 113 Å².